The van der Waals surface area contributed by atoms with Gasteiger partial charge in [0.25, 0.3) is 17.7 Å². The van der Waals surface area contributed by atoms with Crippen molar-refractivity contribution in [3.05, 3.63) is 34.9 Å². The molecular formula is C17H22N2O5. The zero-order chi connectivity index (χ0) is 17.7. The first-order valence-corrected chi connectivity index (χ1v) is 7.92. The molecule has 2 rings (SSSR count). The third-order valence-electron chi connectivity index (χ3n) is 3.55. The zero-order valence-electron chi connectivity index (χ0n) is 13.9. The Bertz CT molecular complexity index is 642. The van der Waals surface area contributed by atoms with Crippen LogP contribution in [0.25, 0.3) is 0 Å². The van der Waals surface area contributed by atoms with Crippen LogP contribution in [0.3, 0.4) is 0 Å². The second-order valence-electron chi connectivity index (χ2n) is 5.97. The van der Waals surface area contributed by atoms with Gasteiger partial charge in [0, 0.05) is 18.7 Å². The molecule has 1 aliphatic heterocycles. The summed E-state index contributed by atoms with van der Waals surface area (Å²) >= 11 is 0. The normalized spacial score (nSPS) is 13.6. The molecule has 7 heteroatoms. The highest BCUT2D eigenvalue weighted by atomic mass is 16.5. The number of carbonyl (C=O) groups excluding carboxylic acids is 3. The molecule has 1 aromatic rings. The Hall–Kier alpha value is -2.25. The van der Waals surface area contributed by atoms with Crippen LogP contribution in [0.4, 0.5) is 0 Å². The molecule has 0 unspecified atom stereocenters. The van der Waals surface area contributed by atoms with E-state index in [2.05, 4.69) is 5.32 Å². The Labute approximate surface area is 140 Å². The number of aliphatic hydroxyl groups is 1. The van der Waals surface area contributed by atoms with Gasteiger partial charge in [-0.25, -0.2) is 0 Å². The summed E-state index contributed by atoms with van der Waals surface area (Å²) in [6.07, 6.45) is 0. The average Bonchev–Trinajstić information content (AvgIpc) is 2.78. The first-order chi connectivity index (χ1) is 11.5. The van der Waals surface area contributed by atoms with Crippen LogP contribution in [-0.2, 0) is 4.74 Å². The molecule has 0 aromatic heterocycles. The summed E-state index contributed by atoms with van der Waals surface area (Å²) in [4.78, 5) is 38.0. The number of nitrogens with zero attached hydrogens (tertiary/aromatic N) is 1. The predicted molar refractivity (Wildman–Crippen MR) is 86.9 cm³/mol. The number of amides is 3. The average molecular weight is 334 g/mol. The summed E-state index contributed by atoms with van der Waals surface area (Å²) in [5, 5.41) is 11.3. The van der Waals surface area contributed by atoms with E-state index in [4.69, 9.17) is 9.84 Å². The lowest BCUT2D eigenvalue weighted by Gasteiger charge is -2.15. The molecular weight excluding hydrogens is 312 g/mol. The second-order valence-corrected chi connectivity index (χ2v) is 5.97. The maximum absolute atomic E-state index is 12.4. The molecule has 1 heterocycles. The van der Waals surface area contributed by atoms with E-state index in [9.17, 15) is 14.4 Å². The van der Waals surface area contributed by atoms with Gasteiger partial charge in [0.2, 0.25) is 0 Å². The maximum Gasteiger partial charge on any atom is 0.261 e. The molecule has 0 bridgehead atoms. The largest absolute Gasteiger partial charge is 0.394 e. The minimum atomic E-state index is -0.357. The zero-order valence-corrected chi connectivity index (χ0v) is 13.9. The van der Waals surface area contributed by atoms with E-state index in [1.807, 2.05) is 13.8 Å². The van der Waals surface area contributed by atoms with Crippen LogP contribution in [0, 0.1) is 5.92 Å². The van der Waals surface area contributed by atoms with Crippen LogP contribution in [0.1, 0.15) is 44.9 Å². The number of hydrogen-bond acceptors (Lipinski definition) is 5. The number of benzene rings is 1. The number of hydrogen-bond donors (Lipinski definition) is 2. The van der Waals surface area contributed by atoms with Crippen molar-refractivity contribution in [3.63, 3.8) is 0 Å². The van der Waals surface area contributed by atoms with Crippen LogP contribution >= 0.6 is 0 Å². The summed E-state index contributed by atoms with van der Waals surface area (Å²) in [6.45, 7) is 4.95. The van der Waals surface area contributed by atoms with Crippen LogP contribution in [0.15, 0.2) is 18.2 Å². The number of aliphatic hydroxyl groups excluding tert-OH is 1. The minimum Gasteiger partial charge on any atom is -0.394 e. The highest BCUT2D eigenvalue weighted by molar-refractivity contribution is 6.22. The Morgan fingerprint density at radius 3 is 2.58 bits per heavy atom. The molecule has 1 aliphatic rings. The van der Waals surface area contributed by atoms with E-state index in [0.717, 1.165) is 0 Å². The molecule has 0 atom stereocenters. The Morgan fingerprint density at radius 2 is 1.92 bits per heavy atom. The van der Waals surface area contributed by atoms with Gasteiger partial charge in [-0.2, -0.15) is 0 Å². The molecule has 0 aliphatic carbocycles. The van der Waals surface area contributed by atoms with Gasteiger partial charge < -0.3 is 15.2 Å². The highest BCUT2D eigenvalue weighted by Crippen LogP contribution is 2.24. The first kappa shape index (κ1) is 18.1. The van der Waals surface area contributed by atoms with Crippen molar-refractivity contribution in [2.24, 2.45) is 5.92 Å². The second kappa shape index (κ2) is 8.03. The molecule has 0 spiro atoms. The predicted octanol–water partition coefficient (Wildman–Crippen LogP) is 0.677. The Balaban J connectivity index is 2.05. The summed E-state index contributed by atoms with van der Waals surface area (Å²) < 4.78 is 5.06. The van der Waals surface area contributed by atoms with E-state index in [1.54, 1.807) is 0 Å². The van der Waals surface area contributed by atoms with Gasteiger partial charge in [0.15, 0.2) is 0 Å². The minimum absolute atomic E-state index is 0.0677. The van der Waals surface area contributed by atoms with Crippen molar-refractivity contribution in [3.8, 4) is 0 Å². The van der Waals surface area contributed by atoms with E-state index < -0.39 is 0 Å². The summed E-state index contributed by atoms with van der Waals surface area (Å²) in [5.41, 5.74) is 0.928. The van der Waals surface area contributed by atoms with E-state index in [0.29, 0.717) is 24.2 Å². The van der Waals surface area contributed by atoms with E-state index >= 15 is 0 Å². The summed E-state index contributed by atoms with van der Waals surface area (Å²) in [5.74, 6) is -0.834. The Morgan fingerprint density at radius 1 is 1.21 bits per heavy atom. The van der Waals surface area contributed by atoms with Gasteiger partial charge in [0.1, 0.15) is 0 Å². The van der Waals surface area contributed by atoms with Crippen molar-refractivity contribution in [1.29, 1.82) is 0 Å². The molecule has 0 saturated carbocycles. The molecule has 7 nitrogen and oxygen atoms in total. The lowest BCUT2D eigenvalue weighted by atomic mass is 10.1. The topological polar surface area (TPSA) is 95.9 Å². The third-order valence-corrected chi connectivity index (χ3v) is 3.55. The standard InChI is InChI=1S/C17H22N2O5/c1-11(2)10-19-16(22)13-4-3-12(9-14(13)17(19)23)15(21)18-5-7-24-8-6-20/h3-4,9,11,20H,5-8,10H2,1-2H3,(H,18,21). The number of imide groups is 1. The van der Waals surface area contributed by atoms with Crippen LogP contribution in [-0.4, -0.2) is 60.6 Å². The molecule has 1 aromatic carbocycles. The lowest BCUT2D eigenvalue weighted by Crippen LogP contribution is -2.33. The maximum atomic E-state index is 12.4. The van der Waals surface area contributed by atoms with Gasteiger partial charge >= 0.3 is 0 Å². The monoisotopic (exact) mass is 334 g/mol. The van der Waals surface area contributed by atoms with E-state index in [-0.39, 0.29) is 49.0 Å². The number of ether oxygens (including phenoxy) is 1. The molecule has 2 N–H and O–H groups in total. The number of rotatable bonds is 8. The summed E-state index contributed by atoms with van der Waals surface area (Å²) in [7, 11) is 0. The van der Waals surface area contributed by atoms with E-state index in [1.165, 1.54) is 23.1 Å². The van der Waals surface area contributed by atoms with Crippen molar-refractivity contribution in [2.75, 3.05) is 32.9 Å². The summed E-state index contributed by atoms with van der Waals surface area (Å²) in [6, 6.07) is 4.51. The quantitative estimate of drug-likeness (QED) is 0.538. The van der Waals surface area contributed by atoms with Gasteiger partial charge in [-0.15, -0.1) is 0 Å². The van der Waals surface area contributed by atoms with Crippen molar-refractivity contribution in [2.45, 2.75) is 13.8 Å². The first-order valence-electron chi connectivity index (χ1n) is 7.92. The molecule has 130 valence electrons. The fraction of sp³-hybridized carbons (Fsp3) is 0.471. The van der Waals surface area contributed by atoms with Crippen molar-refractivity contribution >= 4 is 17.7 Å². The van der Waals surface area contributed by atoms with Gasteiger partial charge in [-0.3, -0.25) is 19.3 Å². The fourth-order valence-corrected chi connectivity index (χ4v) is 2.47. The number of carbonyl (C=O) groups is 3. The highest BCUT2D eigenvalue weighted by Gasteiger charge is 2.36. The smallest absolute Gasteiger partial charge is 0.261 e. The number of nitrogens with one attached hydrogen (secondary N) is 1. The Kier molecular flexibility index (Phi) is 6.05. The third kappa shape index (κ3) is 3.98. The van der Waals surface area contributed by atoms with Gasteiger partial charge in [-0.1, -0.05) is 13.8 Å². The lowest BCUT2D eigenvalue weighted by molar-refractivity contribution is 0.0636. The molecule has 0 radical (unpaired) electrons. The molecule has 3 amide bonds. The van der Waals surface area contributed by atoms with Crippen LogP contribution in [0.2, 0.25) is 0 Å². The SMILES string of the molecule is CC(C)CN1C(=O)c2ccc(C(=O)NCCOCCO)cc2C1=O. The van der Waals surface area contributed by atoms with Crippen LogP contribution in [0.5, 0.6) is 0 Å². The molecule has 0 fully saturated rings. The van der Waals surface area contributed by atoms with Gasteiger partial charge in [0.05, 0.1) is 30.9 Å². The van der Waals surface area contributed by atoms with Crippen molar-refractivity contribution < 1.29 is 24.2 Å². The van der Waals surface area contributed by atoms with Crippen molar-refractivity contribution in [1.82, 2.24) is 10.2 Å². The molecule has 24 heavy (non-hydrogen) atoms. The number of fused-ring (bicyclic) bond motifs is 1. The fourth-order valence-electron chi connectivity index (χ4n) is 2.47. The van der Waals surface area contributed by atoms with Crippen LogP contribution < -0.4 is 5.32 Å². The molecule has 0 saturated heterocycles. The van der Waals surface area contributed by atoms with Gasteiger partial charge in [-0.05, 0) is 24.1 Å².